The van der Waals surface area contributed by atoms with Crippen molar-refractivity contribution in [2.24, 2.45) is 0 Å². The predicted molar refractivity (Wildman–Crippen MR) is 78.9 cm³/mol. The Morgan fingerprint density at radius 3 is 2.75 bits per heavy atom. The van der Waals surface area contributed by atoms with Gasteiger partial charge in [-0.25, -0.2) is 4.98 Å². The quantitative estimate of drug-likeness (QED) is 0.928. The van der Waals surface area contributed by atoms with E-state index < -0.39 is 6.10 Å². The summed E-state index contributed by atoms with van der Waals surface area (Å²) in [5.41, 5.74) is 2.01. The molecule has 1 N–H and O–H groups in total. The molecule has 1 heterocycles. The number of pyridine rings is 1. The molecule has 0 fully saturated rings. The number of hydrogen-bond acceptors (Lipinski definition) is 3. The first kappa shape index (κ1) is 14.1. The van der Waals surface area contributed by atoms with Gasteiger partial charge < -0.3 is 10.1 Å². The van der Waals surface area contributed by atoms with E-state index in [9.17, 15) is 4.79 Å². The van der Waals surface area contributed by atoms with Crippen LogP contribution in [0.25, 0.3) is 0 Å². The maximum Gasteiger partial charge on any atom is 0.266 e. The first-order valence-corrected chi connectivity index (χ1v) is 6.52. The van der Waals surface area contributed by atoms with Crippen molar-refractivity contribution in [1.29, 1.82) is 0 Å². The molecule has 20 heavy (non-hydrogen) atoms. The van der Waals surface area contributed by atoms with Gasteiger partial charge in [-0.1, -0.05) is 18.2 Å². The number of aryl methyl sites for hydroxylation is 2. The molecule has 4 nitrogen and oxygen atoms in total. The molecule has 4 heteroatoms. The van der Waals surface area contributed by atoms with Gasteiger partial charge in [0.05, 0.1) is 0 Å². The number of benzene rings is 1. The summed E-state index contributed by atoms with van der Waals surface area (Å²) in [6, 6.07) is 11.3. The van der Waals surface area contributed by atoms with Gasteiger partial charge >= 0.3 is 0 Å². The molecule has 0 saturated heterocycles. The molecule has 1 atom stereocenters. The van der Waals surface area contributed by atoms with Crippen LogP contribution in [0, 0.1) is 13.8 Å². The minimum atomic E-state index is -0.585. The summed E-state index contributed by atoms with van der Waals surface area (Å²) in [5.74, 6) is 1.04. The van der Waals surface area contributed by atoms with E-state index in [1.807, 2.05) is 50.2 Å². The molecule has 1 aromatic heterocycles. The topological polar surface area (TPSA) is 51.2 Å². The highest BCUT2D eigenvalue weighted by Gasteiger charge is 2.16. The minimum absolute atomic E-state index is 0.215. The number of nitrogens with zero attached hydrogens (tertiary/aromatic N) is 1. The van der Waals surface area contributed by atoms with Gasteiger partial charge in [0.1, 0.15) is 11.6 Å². The molecule has 1 aromatic carbocycles. The van der Waals surface area contributed by atoms with Crippen LogP contribution in [0.1, 0.15) is 18.1 Å². The number of anilines is 1. The van der Waals surface area contributed by atoms with Gasteiger partial charge in [0, 0.05) is 6.20 Å². The Kier molecular flexibility index (Phi) is 4.35. The van der Waals surface area contributed by atoms with E-state index in [1.54, 1.807) is 13.1 Å². The fourth-order valence-electron chi connectivity index (χ4n) is 1.78. The van der Waals surface area contributed by atoms with Crippen LogP contribution in [0.2, 0.25) is 0 Å². The highest BCUT2D eigenvalue weighted by atomic mass is 16.5. The second-order valence-electron chi connectivity index (χ2n) is 4.73. The van der Waals surface area contributed by atoms with Gasteiger partial charge in [0.2, 0.25) is 0 Å². The van der Waals surface area contributed by atoms with Crippen LogP contribution < -0.4 is 10.1 Å². The lowest BCUT2D eigenvalue weighted by Crippen LogP contribution is -2.30. The van der Waals surface area contributed by atoms with Crippen molar-refractivity contribution in [3.8, 4) is 5.75 Å². The lowest BCUT2D eigenvalue weighted by molar-refractivity contribution is -0.122. The lowest BCUT2D eigenvalue weighted by atomic mass is 10.2. The summed E-state index contributed by atoms with van der Waals surface area (Å²) in [6.45, 7) is 5.60. The zero-order valence-electron chi connectivity index (χ0n) is 11.9. The zero-order valence-corrected chi connectivity index (χ0v) is 11.9. The average Bonchev–Trinajstić information content (AvgIpc) is 2.41. The number of aromatic nitrogens is 1. The fourth-order valence-corrected chi connectivity index (χ4v) is 1.78. The molecular formula is C16H18N2O2. The van der Waals surface area contributed by atoms with Gasteiger partial charge in [-0.2, -0.15) is 0 Å². The zero-order chi connectivity index (χ0) is 14.5. The van der Waals surface area contributed by atoms with Crippen molar-refractivity contribution in [2.75, 3.05) is 5.32 Å². The van der Waals surface area contributed by atoms with Gasteiger partial charge in [-0.05, 0) is 50.1 Å². The number of carbonyl (C=O) groups is 1. The normalized spacial score (nSPS) is 11.8. The average molecular weight is 270 g/mol. The molecule has 2 aromatic rings. The van der Waals surface area contributed by atoms with Crippen LogP contribution in [0.3, 0.4) is 0 Å². The first-order valence-electron chi connectivity index (χ1n) is 6.52. The molecule has 0 radical (unpaired) electrons. The molecule has 104 valence electrons. The first-order chi connectivity index (χ1) is 9.56. The standard InChI is InChI=1S/C16H18N2O2/c1-11-6-4-8-14(10-11)20-13(3)16(19)18-15-12(2)7-5-9-17-15/h4-10,13H,1-3H3,(H,17,18,19). The van der Waals surface area contributed by atoms with E-state index in [4.69, 9.17) is 4.74 Å². The fraction of sp³-hybridized carbons (Fsp3) is 0.250. The molecule has 0 aliphatic carbocycles. The molecule has 0 aliphatic rings. The number of carbonyl (C=O) groups excluding carboxylic acids is 1. The van der Waals surface area contributed by atoms with Crippen molar-refractivity contribution in [1.82, 2.24) is 4.98 Å². The highest BCUT2D eigenvalue weighted by molar-refractivity contribution is 5.93. The summed E-state index contributed by atoms with van der Waals surface area (Å²) in [5, 5.41) is 2.77. The molecule has 1 unspecified atom stereocenters. The minimum Gasteiger partial charge on any atom is -0.481 e. The van der Waals surface area contributed by atoms with E-state index in [0.717, 1.165) is 11.1 Å². The smallest absolute Gasteiger partial charge is 0.266 e. The van der Waals surface area contributed by atoms with Crippen LogP contribution in [-0.2, 0) is 4.79 Å². The molecule has 0 bridgehead atoms. The van der Waals surface area contributed by atoms with Crippen LogP contribution in [0.5, 0.6) is 5.75 Å². The van der Waals surface area contributed by atoms with Crippen LogP contribution in [0.15, 0.2) is 42.6 Å². The van der Waals surface area contributed by atoms with E-state index in [0.29, 0.717) is 11.6 Å². The number of hydrogen-bond donors (Lipinski definition) is 1. The molecule has 0 spiro atoms. The van der Waals surface area contributed by atoms with Crippen molar-refractivity contribution in [3.63, 3.8) is 0 Å². The van der Waals surface area contributed by atoms with Crippen molar-refractivity contribution in [2.45, 2.75) is 26.9 Å². The van der Waals surface area contributed by atoms with E-state index >= 15 is 0 Å². The van der Waals surface area contributed by atoms with Gasteiger partial charge in [-0.15, -0.1) is 0 Å². The highest BCUT2D eigenvalue weighted by Crippen LogP contribution is 2.15. The summed E-state index contributed by atoms with van der Waals surface area (Å²) in [6.07, 6.45) is 1.06. The third-order valence-corrected chi connectivity index (χ3v) is 2.92. The van der Waals surface area contributed by atoms with Crippen LogP contribution in [0.4, 0.5) is 5.82 Å². The van der Waals surface area contributed by atoms with Gasteiger partial charge in [0.15, 0.2) is 6.10 Å². The largest absolute Gasteiger partial charge is 0.481 e. The summed E-state index contributed by atoms with van der Waals surface area (Å²) < 4.78 is 5.63. The Hall–Kier alpha value is -2.36. The second kappa shape index (κ2) is 6.19. The number of rotatable bonds is 4. The number of nitrogens with one attached hydrogen (secondary N) is 1. The third-order valence-electron chi connectivity index (χ3n) is 2.92. The van der Waals surface area contributed by atoms with Crippen LogP contribution >= 0.6 is 0 Å². The SMILES string of the molecule is Cc1cccc(OC(C)C(=O)Nc2ncccc2C)c1. The summed E-state index contributed by atoms with van der Waals surface area (Å²) in [4.78, 5) is 16.2. The molecule has 0 aliphatic heterocycles. The maximum atomic E-state index is 12.1. The van der Waals surface area contributed by atoms with Crippen LogP contribution in [-0.4, -0.2) is 17.0 Å². The molecule has 1 amide bonds. The molecular weight excluding hydrogens is 252 g/mol. The van der Waals surface area contributed by atoms with Crippen molar-refractivity contribution in [3.05, 3.63) is 53.7 Å². The van der Waals surface area contributed by atoms with Crippen molar-refractivity contribution < 1.29 is 9.53 Å². The molecule has 0 saturated carbocycles. The second-order valence-corrected chi connectivity index (χ2v) is 4.73. The van der Waals surface area contributed by atoms with E-state index in [1.165, 1.54) is 0 Å². The predicted octanol–water partition coefficient (Wildman–Crippen LogP) is 3.10. The Balaban J connectivity index is 2.01. The van der Waals surface area contributed by atoms with E-state index in [2.05, 4.69) is 10.3 Å². The number of amides is 1. The monoisotopic (exact) mass is 270 g/mol. The Bertz CT molecular complexity index is 611. The Morgan fingerprint density at radius 2 is 2.05 bits per heavy atom. The maximum absolute atomic E-state index is 12.1. The summed E-state index contributed by atoms with van der Waals surface area (Å²) in [7, 11) is 0. The molecule has 2 rings (SSSR count). The number of ether oxygens (including phenoxy) is 1. The van der Waals surface area contributed by atoms with E-state index in [-0.39, 0.29) is 5.91 Å². The summed E-state index contributed by atoms with van der Waals surface area (Å²) >= 11 is 0. The Morgan fingerprint density at radius 1 is 1.25 bits per heavy atom. The third kappa shape index (κ3) is 3.57. The van der Waals surface area contributed by atoms with Gasteiger partial charge in [0.25, 0.3) is 5.91 Å². The van der Waals surface area contributed by atoms with Gasteiger partial charge in [-0.3, -0.25) is 4.79 Å². The Labute approximate surface area is 118 Å². The van der Waals surface area contributed by atoms with Crippen molar-refractivity contribution >= 4 is 11.7 Å². The lowest BCUT2D eigenvalue weighted by Gasteiger charge is -2.15.